The summed E-state index contributed by atoms with van der Waals surface area (Å²) in [4.78, 5) is 13.2. The molecule has 164 valence electrons. The predicted molar refractivity (Wildman–Crippen MR) is 134 cm³/mol. The van der Waals surface area contributed by atoms with Gasteiger partial charge in [-0.15, -0.1) is 0 Å². The third kappa shape index (κ3) is 3.50. The topological polar surface area (TPSA) is 26.3 Å². The van der Waals surface area contributed by atoms with Gasteiger partial charge in [0.05, 0.1) is 13.0 Å². The van der Waals surface area contributed by atoms with E-state index in [-0.39, 0.29) is 17.3 Å². The molecular formula is C29H31O2P. The van der Waals surface area contributed by atoms with E-state index in [0.717, 1.165) is 12.8 Å². The summed E-state index contributed by atoms with van der Waals surface area (Å²) in [5.41, 5.74) is 3.03. The minimum atomic E-state index is -0.729. The molecule has 0 heterocycles. The molecular weight excluding hydrogens is 411 g/mol. The van der Waals surface area contributed by atoms with Crippen molar-refractivity contribution in [2.45, 2.75) is 32.3 Å². The van der Waals surface area contributed by atoms with Crippen molar-refractivity contribution in [3.05, 3.63) is 84.9 Å². The Morgan fingerprint density at radius 2 is 1.50 bits per heavy atom. The van der Waals surface area contributed by atoms with Gasteiger partial charge in [-0.1, -0.05) is 98.8 Å². The molecule has 3 aliphatic rings. The van der Waals surface area contributed by atoms with Crippen LogP contribution in [0.2, 0.25) is 0 Å². The molecule has 3 aliphatic carbocycles. The number of benzene rings is 3. The van der Waals surface area contributed by atoms with Crippen LogP contribution in [0.3, 0.4) is 0 Å². The highest BCUT2D eigenvalue weighted by molar-refractivity contribution is 7.74. The highest BCUT2D eigenvalue weighted by Crippen LogP contribution is 2.67. The highest BCUT2D eigenvalue weighted by atomic mass is 31.1. The Morgan fingerprint density at radius 1 is 0.875 bits per heavy atom. The summed E-state index contributed by atoms with van der Waals surface area (Å²) in [6.07, 6.45) is 2.24. The second-order valence-electron chi connectivity index (χ2n) is 9.80. The molecule has 2 nitrogen and oxygen atoms in total. The fourth-order valence-electron chi connectivity index (χ4n) is 6.14. The van der Waals surface area contributed by atoms with Crippen molar-refractivity contribution in [2.24, 2.45) is 23.2 Å². The van der Waals surface area contributed by atoms with Gasteiger partial charge in [0.25, 0.3) is 0 Å². The van der Waals surface area contributed by atoms with Crippen LogP contribution < -0.4 is 10.6 Å². The third-order valence-electron chi connectivity index (χ3n) is 8.01. The first kappa shape index (κ1) is 21.4. The summed E-state index contributed by atoms with van der Waals surface area (Å²) < 4.78 is 5.42. The molecule has 5 atom stereocenters. The predicted octanol–water partition coefficient (Wildman–Crippen LogP) is 6.01. The molecule has 3 aromatic rings. The van der Waals surface area contributed by atoms with Crippen LogP contribution in [0.25, 0.3) is 11.1 Å². The molecule has 0 spiro atoms. The van der Waals surface area contributed by atoms with Crippen LogP contribution in [0.5, 0.6) is 0 Å². The third-order valence-corrected chi connectivity index (χ3v) is 11.0. The van der Waals surface area contributed by atoms with E-state index < -0.39 is 7.92 Å². The zero-order chi connectivity index (χ0) is 22.3. The molecule has 3 fully saturated rings. The van der Waals surface area contributed by atoms with Gasteiger partial charge >= 0.3 is 5.97 Å². The SMILES string of the molecule is COC(=O)[C@@H]1[C@@H](P(c2ccccc2)c2ccccc2-c2ccccc2)CC2C[C@@H]1C2(C)C. The number of ether oxygens (including phenoxy) is 1. The van der Waals surface area contributed by atoms with Crippen LogP contribution in [0, 0.1) is 23.2 Å². The number of fused-ring (bicyclic) bond motifs is 2. The molecule has 3 heteroatoms. The first-order valence-electron chi connectivity index (χ1n) is 11.6. The lowest BCUT2D eigenvalue weighted by Gasteiger charge is -2.62. The van der Waals surface area contributed by atoms with Crippen molar-refractivity contribution < 1.29 is 9.53 Å². The minimum absolute atomic E-state index is 0.0214. The molecule has 2 bridgehead atoms. The molecule has 0 amide bonds. The number of esters is 1. The Morgan fingerprint density at radius 3 is 2.16 bits per heavy atom. The average molecular weight is 443 g/mol. The van der Waals surface area contributed by atoms with Gasteiger partial charge in [0, 0.05) is 5.66 Å². The smallest absolute Gasteiger partial charge is 0.309 e. The van der Waals surface area contributed by atoms with Crippen molar-refractivity contribution >= 4 is 24.5 Å². The summed E-state index contributed by atoms with van der Waals surface area (Å²) >= 11 is 0. The summed E-state index contributed by atoms with van der Waals surface area (Å²) in [5, 5.41) is 2.72. The summed E-state index contributed by atoms with van der Waals surface area (Å²) in [6.45, 7) is 4.70. The standard InChI is InChI=1S/C29H31O2P/c1-29(2)21-18-24(29)27(28(30)31-3)26(19-21)32(22-14-8-5-9-15-22)25-17-11-10-16-23(25)20-12-6-4-7-13-20/h4-17,21,24,26-27H,18-19H2,1-3H3/t21?,24-,26-,27-,32?/m0/s1. The number of carbonyl (C=O) groups excluding carboxylic acids is 1. The molecule has 32 heavy (non-hydrogen) atoms. The molecule has 0 radical (unpaired) electrons. The van der Waals surface area contributed by atoms with Crippen LogP contribution >= 0.6 is 7.92 Å². The molecule has 3 saturated carbocycles. The first-order valence-corrected chi connectivity index (χ1v) is 13.0. The van der Waals surface area contributed by atoms with Gasteiger partial charge in [-0.05, 0) is 59.8 Å². The molecule has 0 aliphatic heterocycles. The lowest BCUT2D eigenvalue weighted by atomic mass is 9.45. The monoisotopic (exact) mass is 442 g/mol. The number of hydrogen-bond acceptors (Lipinski definition) is 2. The van der Waals surface area contributed by atoms with Crippen molar-refractivity contribution in [2.75, 3.05) is 7.11 Å². The van der Waals surface area contributed by atoms with Crippen LogP contribution in [0.1, 0.15) is 26.7 Å². The average Bonchev–Trinajstić information content (AvgIpc) is 2.85. The number of hydrogen-bond donors (Lipinski definition) is 0. The van der Waals surface area contributed by atoms with Crippen molar-refractivity contribution in [1.82, 2.24) is 0 Å². The Kier molecular flexibility index (Phi) is 5.68. The van der Waals surface area contributed by atoms with E-state index in [2.05, 4.69) is 98.8 Å². The number of methoxy groups -OCH3 is 1. The molecule has 3 aromatic carbocycles. The van der Waals surface area contributed by atoms with E-state index in [1.165, 1.54) is 21.7 Å². The Balaban J connectivity index is 1.67. The van der Waals surface area contributed by atoms with Crippen LogP contribution in [0.4, 0.5) is 0 Å². The van der Waals surface area contributed by atoms with Gasteiger partial charge in [0.2, 0.25) is 0 Å². The Hall–Kier alpha value is -2.44. The van der Waals surface area contributed by atoms with Crippen LogP contribution in [-0.4, -0.2) is 18.7 Å². The summed E-state index contributed by atoms with van der Waals surface area (Å²) in [7, 11) is 0.826. The summed E-state index contributed by atoms with van der Waals surface area (Å²) in [6, 6.07) is 30.3. The van der Waals surface area contributed by atoms with E-state index in [9.17, 15) is 4.79 Å². The number of rotatable bonds is 5. The number of carbonyl (C=O) groups is 1. The van der Waals surface area contributed by atoms with Crippen LogP contribution in [0.15, 0.2) is 84.9 Å². The van der Waals surface area contributed by atoms with E-state index >= 15 is 0 Å². The van der Waals surface area contributed by atoms with E-state index in [4.69, 9.17) is 4.74 Å². The molecule has 6 rings (SSSR count). The zero-order valence-electron chi connectivity index (χ0n) is 19.1. The zero-order valence-corrected chi connectivity index (χ0v) is 20.0. The van der Waals surface area contributed by atoms with Gasteiger partial charge in [-0.25, -0.2) is 0 Å². The Labute approximate surface area is 192 Å². The molecule has 2 unspecified atom stereocenters. The first-order chi connectivity index (χ1) is 15.5. The fraction of sp³-hybridized carbons (Fsp3) is 0.345. The van der Waals surface area contributed by atoms with Crippen molar-refractivity contribution in [3.8, 4) is 11.1 Å². The van der Waals surface area contributed by atoms with Crippen molar-refractivity contribution in [1.29, 1.82) is 0 Å². The Bertz CT molecular complexity index is 1090. The molecule has 0 N–H and O–H groups in total. The second kappa shape index (κ2) is 8.49. The van der Waals surface area contributed by atoms with Gasteiger partial charge in [-0.3, -0.25) is 4.79 Å². The van der Waals surface area contributed by atoms with Gasteiger partial charge in [-0.2, -0.15) is 0 Å². The minimum Gasteiger partial charge on any atom is -0.469 e. The maximum absolute atomic E-state index is 13.2. The highest BCUT2D eigenvalue weighted by Gasteiger charge is 2.61. The normalized spacial score (nSPS) is 26.6. The van der Waals surface area contributed by atoms with Crippen molar-refractivity contribution in [3.63, 3.8) is 0 Å². The van der Waals surface area contributed by atoms with Gasteiger partial charge in [0.15, 0.2) is 0 Å². The maximum atomic E-state index is 13.2. The van der Waals surface area contributed by atoms with E-state index in [0.29, 0.717) is 17.5 Å². The molecule has 0 aromatic heterocycles. The van der Waals surface area contributed by atoms with Crippen LogP contribution in [-0.2, 0) is 9.53 Å². The summed E-state index contributed by atoms with van der Waals surface area (Å²) in [5.74, 6) is 1.01. The lowest BCUT2D eigenvalue weighted by molar-refractivity contribution is -0.166. The van der Waals surface area contributed by atoms with Gasteiger partial charge in [0.1, 0.15) is 0 Å². The van der Waals surface area contributed by atoms with E-state index in [1.807, 2.05) is 0 Å². The molecule has 0 saturated heterocycles. The quantitative estimate of drug-likeness (QED) is 0.357. The largest absolute Gasteiger partial charge is 0.469 e. The second-order valence-corrected chi connectivity index (χ2v) is 12.2. The lowest BCUT2D eigenvalue weighted by Crippen LogP contribution is -2.60. The van der Waals surface area contributed by atoms with E-state index in [1.54, 1.807) is 7.11 Å². The van der Waals surface area contributed by atoms with Gasteiger partial charge < -0.3 is 4.74 Å². The maximum Gasteiger partial charge on any atom is 0.309 e. The fourth-order valence-corrected chi connectivity index (χ4v) is 9.48.